The van der Waals surface area contributed by atoms with Crippen LogP contribution < -0.4 is 4.90 Å². The van der Waals surface area contributed by atoms with Crippen molar-refractivity contribution in [3.05, 3.63) is 65.4 Å². The average molecular weight is 416 g/mol. The van der Waals surface area contributed by atoms with Gasteiger partial charge in [0, 0.05) is 38.4 Å². The van der Waals surface area contributed by atoms with E-state index in [1.54, 1.807) is 11.2 Å². The zero-order valence-corrected chi connectivity index (χ0v) is 17.6. The van der Waals surface area contributed by atoms with Crippen molar-refractivity contribution in [2.45, 2.75) is 11.7 Å². The Bertz CT molecular complexity index is 942. The summed E-state index contributed by atoms with van der Waals surface area (Å²) in [6.07, 6.45) is 1.62. The molecule has 0 saturated carbocycles. The molecule has 1 amide bonds. The van der Waals surface area contributed by atoms with Gasteiger partial charge in [0.05, 0.1) is 11.4 Å². The molecule has 2 aromatic carbocycles. The molecule has 0 radical (unpaired) electrons. The highest BCUT2D eigenvalue weighted by molar-refractivity contribution is 7.99. The van der Waals surface area contributed by atoms with Crippen LogP contribution in [0.2, 0.25) is 5.02 Å². The molecule has 0 unspecified atom stereocenters. The minimum absolute atomic E-state index is 0.0299. The Morgan fingerprint density at radius 3 is 2.57 bits per heavy atom. The van der Waals surface area contributed by atoms with E-state index in [2.05, 4.69) is 22.3 Å². The molecule has 3 aromatic rings. The van der Waals surface area contributed by atoms with Crippen LogP contribution >= 0.6 is 23.4 Å². The summed E-state index contributed by atoms with van der Waals surface area (Å²) in [7, 11) is 5.82. The predicted molar refractivity (Wildman–Crippen MR) is 114 cm³/mol. The SMILES string of the molecule is CN(Cc1ccc(N(C)C)cc1)C(=O)CSc1nncn1-c1cccc(Cl)c1. The number of hydrogen-bond donors (Lipinski definition) is 0. The summed E-state index contributed by atoms with van der Waals surface area (Å²) in [4.78, 5) is 16.3. The molecule has 146 valence electrons. The molecule has 0 bridgehead atoms. The fourth-order valence-corrected chi connectivity index (χ4v) is 3.68. The van der Waals surface area contributed by atoms with Gasteiger partial charge in [-0.05, 0) is 35.9 Å². The molecule has 6 nitrogen and oxygen atoms in total. The number of carbonyl (C=O) groups is 1. The summed E-state index contributed by atoms with van der Waals surface area (Å²) in [5, 5.41) is 9.37. The minimum atomic E-state index is 0.0299. The number of benzene rings is 2. The van der Waals surface area contributed by atoms with Crippen molar-refractivity contribution in [2.75, 3.05) is 31.8 Å². The molecule has 0 fully saturated rings. The van der Waals surface area contributed by atoms with Crippen LogP contribution in [0.1, 0.15) is 5.56 Å². The lowest BCUT2D eigenvalue weighted by molar-refractivity contribution is -0.127. The quantitative estimate of drug-likeness (QED) is 0.550. The standard InChI is InChI=1S/C20H22ClN5OS/c1-24(2)17-9-7-15(8-10-17)12-25(3)19(27)13-28-20-23-22-14-26(20)18-6-4-5-16(21)11-18/h4-11,14H,12-13H2,1-3H3. The molecule has 1 heterocycles. The first-order valence-corrected chi connectivity index (χ1v) is 10.1. The van der Waals surface area contributed by atoms with Crippen LogP contribution in [-0.2, 0) is 11.3 Å². The molecule has 0 saturated heterocycles. The Hall–Kier alpha value is -2.51. The first-order chi connectivity index (χ1) is 13.4. The van der Waals surface area contributed by atoms with Gasteiger partial charge in [-0.15, -0.1) is 10.2 Å². The van der Waals surface area contributed by atoms with Gasteiger partial charge in [0.2, 0.25) is 5.91 Å². The van der Waals surface area contributed by atoms with Crippen LogP contribution in [-0.4, -0.2) is 52.5 Å². The first kappa shape index (κ1) is 20.2. The molecular weight excluding hydrogens is 394 g/mol. The molecule has 0 aliphatic carbocycles. The molecule has 0 spiro atoms. The largest absolute Gasteiger partial charge is 0.378 e. The maximum atomic E-state index is 12.5. The molecular formula is C20H22ClN5OS. The van der Waals surface area contributed by atoms with Crippen molar-refractivity contribution in [3.63, 3.8) is 0 Å². The van der Waals surface area contributed by atoms with Crippen molar-refractivity contribution < 1.29 is 4.79 Å². The summed E-state index contributed by atoms with van der Waals surface area (Å²) in [5.74, 6) is 0.313. The Labute approximate surface area is 174 Å². The normalized spacial score (nSPS) is 10.7. The van der Waals surface area contributed by atoms with Gasteiger partial charge in [0.1, 0.15) is 6.33 Å². The van der Waals surface area contributed by atoms with Crippen LogP contribution in [0, 0.1) is 0 Å². The van der Waals surface area contributed by atoms with E-state index in [4.69, 9.17) is 11.6 Å². The smallest absolute Gasteiger partial charge is 0.233 e. The third-order valence-electron chi connectivity index (χ3n) is 4.23. The van der Waals surface area contributed by atoms with Crippen LogP contribution in [0.3, 0.4) is 0 Å². The van der Waals surface area contributed by atoms with Crippen molar-refractivity contribution in [2.24, 2.45) is 0 Å². The topological polar surface area (TPSA) is 54.3 Å². The first-order valence-electron chi connectivity index (χ1n) is 8.73. The minimum Gasteiger partial charge on any atom is -0.378 e. The molecule has 0 aliphatic rings. The van der Waals surface area contributed by atoms with Crippen molar-refractivity contribution in [1.29, 1.82) is 0 Å². The van der Waals surface area contributed by atoms with Gasteiger partial charge in [0.15, 0.2) is 5.16 Å². The summed E-state index contributed by atoms with van der Waals surface area (Å²) in [6.45, 7) is 0.564. The lowest BCUT2D eigenvalue weighted by Crippen LogP contribution is -2.27. The number of nitrogens with zero attached hydrogens (tertiary/aromatic N) is 5. The molecule has 0 N–H and O–H groups in total. The number of aromatic nitrogens is 3. The van der Waals surface area contributed by atoms with Gasteiger partial charge in [-0.3, -0.25) is 9.36 Å². The van der Waals surface area contributed by atoms with Crippen LogP contribution in [0.15, 0.2) is 60.0 Å². The highest BCUT2D eigenvalue weighted by atomic mass is 35.5. The zero-order chi connectivity index (χ0) is 20.1. The predicted octanol–water partition coefficient (Wildman–Crippen LogP) is 3.74. The van der Waals surface area contributed by atoms with Gasteiger partial charge in [-0.1, -0.05) is 41.6 Å². The summed E-state index contributed by atoms with van der Waals surface area (Å²) in [5.41, 5.74) is 3.09. The molecule has 0 atom stereocenters. The van der Waals surface area contributed by atoms with Crippen molar-refractivity contribution in [1.82, 2.24) is 19.7 Å². The summed E-state index contributed by atoms with van der Waals surface area (Å²) < 4.78 is 1.82. The summed E-state index contributed by atoms with van der Waals surface area (Å²) >= 11 is 7.42. The van der Waals surface area contributed by atoms with Crippen molar-refractivity contribution in [3.8, 4) is 5.69 Å². The van der Waals surface area contributed by atoms with Gasteiger partial charge >= 0.3 is 0 Å². The second-order valence-electron chi connectivity index (χ2n) is 6.56. The van der Waals surface area contributed by atoms with E-state index in [-0.39, 0.29) is 11.7 Å². The van der Waals surface area contributed by atoms with E-state index < -0.39 is 0 Å². The highest BCUT2D eigenvalue weighted by Gasteiger charge is 2.14. The fourth-order valence-electron chi connectivity index (χ4n) is 2.62. The number of hydrogen-bond acceptors (Lipinski definition) is 5. The Balaban J connectivity index is 1.59. The maximum absolute atomic E-state index is 12.5. The summed E-state index contributed by atoms with van der Waals surface area (Å²) in [6, 6.07) is 15.6. The number of rotatable bonds is 7. The fraction of sp³-hybridized carbons (Fsp3) is 0.250. The molecule has 1 aromatic heterocycles. The molecule has 28 heavy (non-hydrogen) atoms. The monoisotopic (exact) mass is 415 g/mol. The second kappa shape index (κ2) is 9.12. The third kappa shape index (κ3) is 5.05. The van der Waals surface area contributed by atoms with E-state index in [0.29, 0.717) is 16.7 Å². The number of amides is 1. The average Bonchev–Trinajstić information content (AvgIpc) is 3.15. The molecule has 8 heteroatoms. The lowest BCUT2D eigenvalue weighted by atomic mass is 10.2. The van der Waals surface area contributed by atoms with E-state index in [9.17, 15) is 4.79 Å². The Kier molecular flexibility index (Phi) is 6.59. The number of halogens is 1. The van der Waals surface area contributed by atoms with E-state index in [1.807, 2.05) is 67.0 Å². The number of thioether (sulfide) groups is 1. The lowest BCUT2D eigenvalue weighted by Gasteiger charge is -2.18. The Morgan fingerprint density at radius 1 is 1.14 bits per heavy atom. The molecule has 3 rings (SSSR count). The zero-order valence-electron chi connectivity index (χ0n) is 16.0. The third-order valence-corrected chi connectivity index (χ3v) is 5.39. The van der Waals surface area contributed by atoms with Crippen molar-refractivity contribution >= 4 is 35.0 Å². The number of anilines is 1. The van der Waals surface area contributed by atoms with Gasteiger partial charge < -0.3 is 9.80 Å². The highest BCUT2D eigenvalue weighted by Crippen LogP contribution is 2.22. The Morgan fingerprint density at radius 2 is 1.89 bits per heavy atom. The van der Waals surface area contributed by atoms with E-state index in [0.717, 1.165) is 16.9 Å². The number of carbonyl (C=O) groups excluding carboxylic acids is 1. The van der Waals surface area contributed by atoms with Crippen LogP contribution in [0.25, 0.3) is 5.69 Å². The van der Waals surface area contributed by atoms with Gasteiger partial charge in [-0.2, -0.15) is 0 Å². The van der Waals surface area contributed by atoms with Crippen LogP contribution in [0.4, 0.5) is 5.69 Å². The van der Waals surface area contributed by atoms with Crippen LogP contribution in [0.5, 0.6) is 0 Å². The second-order valence-corrected chi connectivity index (χ2v) is 7.94. The van der Waals surface area contributed by atoms with Gasteiger partial charge in [0.25, 0.3) is 0 Å². The molecule has 0 aliphatic heterocycles. The van der Waals surface area contributed by atoms with E-state index >= 15 is 0 Å². The van der Waals surface area contributed by atoms with E-state index in [1.165, 1.54) is 11.8 Å². The maximum Gasteiger partial charge on any atom is 0.233 e. The van der Waals surface area contributed by atoms with Gasteiger partial charge in [-0.25, -0.2) is 0 Å².